The van der Waals surface area contributed by atoms with Crippen LogP contribution in [0.5, 0.6) is 17.4 Å². The number of nitrogens with two attached hydrogens (primary N) is 1. The number of halogens is 1. The fourth-order valence-corrected chi connectivity index (χ4v) is 6.68. The quantitative estimate of drug-likeness (QED) is 0.182. The molecule has 2 fully saturated rings. The third kappa shape index (κ3) is 6.66. The second kappa shape index (κ2) is 13.5. The van der Waals surface area contributed by atoms with Gasteiger partial charge >= 0.3 is 14.1 Å². The SMILES string of the molecule is COc1nc(N)nc2c1ncn2C1O[C@H](COc2ccc3ccccc3c2O[P+]([O-])=N[C@@H](C)C(=O)OC2CCCCC2)[C@@H](F)[C@@]1(C)O. The van der Waals surface area contributed by atoms with Gasteiger partial charge in [0.15, 0.2) is 35.4 Å². The van der Waals surface area contributed by atoms with Crippen LogP contribution in [0.15, 0.2) is 47.5 Å². The predicted octanol–water partition coefficient (Wildman–Crippen LogP) is 4.13. The lowest BCUT2D eigenvalue weighted by atomic mass is 9.98. The normalized spacial score (nSPS) is 24.4. The molecule has 1 saturated heterocycles. The summed E-state index contributed by atoms with van der Waals surface area (Å²) in [5, 5.41) is 12.6. The summed E-state index contributed by atoms with van der Waals surface area (Å²) in [5.41, 5.74) is 4.24. The molecule has 2 aromatic carbocycles. The van der Waals surface area contributed by atoms with Crippen LogP contribution in [0.1, 0.15) is 52.2 Å². The zero-order valence-corrected chi connectivity index (χ0v) is 27.0. The number of methoxy groups -OCH3 is 1. The molecule has 0 spiro atoms. The summed E-state index contributed by atoms with van der Waals surface area (Å²) in [6.07, 6.45) is 1.47. The molecule has 2 aliphatic rings. The van der Waals surface area contributed by atoms with Gasteiger partial charge in [0.05, 0.1) is 13.4 Å². The molecule has 6 atom stereocenters. The fourth-order valence-electron chi connectivity index (χ4n) is 5.92. The second-order valence-corrected chi connectivity index (χ2v) is 12.7. The lowest BCUT2D eigenvalue weighted by Gasteiger charge is -2.26. The Morgan fingerprint density at radius 3 is 2.79 bits per heavy atom. The molecule has 3 heterocycles. The smallest absolute Gasteiger partial charge is 0.395 e. The molecular weight excluding hydrogens is 634 g/mol. The number of nitrogens with zero attached hydrogens (tertiary/aromatic N) is 5. The number of ether oxygens (including phenoxy) is 4. The number of benzene rings is 2. The first kappa shape index (κ1) is 32.8. The molecule has 1 aliphatic heterocycles. The second-order valence-electron chi connectivity index (χ2n) is 11.8. The number of hydrogen-bond acceptors (Lipinski definition) is 13. The van der Waals surface area contributed by atoms with Crippen LogP contribution in [0.4, 0.5) is 10.3 Å². The molecule has 1 saturated carbocycles. The summed E-state index contributed by atoms with van der Waals surface area (Å²) in [4.78, 5) is 38.2. The molecule has 3 N–H and O–H groups in total. The average Bonchev–Trinajstić information content (AvgIpc) is 3.57. The monoisotopic (exact) mass is 670 g/mol. The van der Waals surface area contributed by atoms with Crippen molar-refractivity contribution in [2.24, 2.45) is 4.74 Å². The highest BCUT2D eigenvalue weighted by molar-refractivity contribution is 7.34. The van der Waals surface area contributed by atoms with Crippen LogP contribution in [0.25, 0.3) is 21.9 Å². The van der Waals surface area contributed by atoms with Crippen LogP contribution in [0.2, 0.25) is 0 Å². The Hall–Kier alpha value is -4.17. The number of nitrogen functional groups attached to an aromatic ring is 1. The van der Waals surface area contributed by atoms with Gasteiger partial charge in [-0.15, -0.1) is 0 Å². The fraction of sp³-hybridized carbons (Fsp3) is 0.484. The van der Waals surface area contributed by atoms with Gasteiger partial charge in [-0.1, -0.05) is 41.5 Å². The molecule has 16 heteroatoms. The van der Waals surface area contributed by atoms with E-state index < -0.39 is 44.3 Å². The zero-order chi connectivity index (χ0) is 33.3. The molecule has 47 heavy (non-hydrogen) atoms. The summed E-state index contributed by atoms with van der Waals surface area (Å²) in [7, 11) is -1.34. The summed E-state index contributed by atoms with van der Waals surface area (Å²) in [6, 6.07) is 9.53. The summed E-state index contributed by atoms with van der Waals surface area (Å²) in [6.45, 7) is 2.45. The molecule has 4 aromatic rings. The number of anilines is 1. The number of alkyl halides is 1. The number of carbonyl (C=O) groups excluding carboxylic acids is 1. The predicted molar refractivity (Wildman–Crippen MR) is 168 cm³/mol. The Kier molecular flexibility index (Phi) is 9.42. The van der Waals surface area contributed by atoms with Crippen molar-refractivity contribution in [1.82, 2.24) is 19.5 Å². The largest absolute Gasteiger partial charge is 0.575 e. The molecule has 0 bridgehead atoms. The molecule has 6 rings (SSSR count). The van der Waals surface area contributed by atoms with Crippen molar-refractivity contribution in [2.45, 2.75) is 82.2 Å². The van der Waals surface area contributed by atoms with E-state index in [9.17, 15) is 14.8 Å². The lowest BCUT2D eigenvalue weighted by molar-refractivity contribution is -0.170. The number of carbonyl (C=O) groups is 1. The zero-order valence-electron chi connectivity index (χ0n) is 26.1. The van der Waals surface area contributed by atoms with Crippen LogP contribution in [0.3, 0.4) is 0 Å². The third-order valence-corrected chi connectivity index (χ3v) is 9.27. The highest BCUT2D eigenvalue weighted by Crippen LogP contribution is 2.44. The third-order valence-electron chi connectivity index (χ3n) is 8.40. The van der Waals surface area contributed by atoms with E-state index in [-0.39, 0.29) is 47.2 Å². The van der Waals surface area contributed by atoms with E-state index in [0.29, 0.717) is 5.39 Å². The van der Waals surface area contributed by atoms with E-state index in [2.05, 4.69) is 19.7 Å². The number of fused-ring (bicyclic) bond motifs is 2. The van der Waals surface area contributed by atoms with Gasteiger partial charge < -0.3 is 34.7 Å². The first-order valence-electron chi connectivity index (χ1n) is 15.3. The van der Waals surface area contributed by atoms with Crippen molar-refractivity contribution in [3.05, 3.63) is 42.7 Å². The van der Waals surface area contributed by atoms with Crippen molar-refractivity contribution in [3.63, 3.8) is 0 Å². The minimum absolute atomic E-state index is 0.0948. The molecule has 14 nitrogen and oxygen atoms in total. The number of rotatable bonds is 10. The van der Waals surface area contributed by atoms with Crippen LogP contribution in [-0.4, -0.2) is 74.3 Å². The van der Waals surface area contributed by atoms with Crippen LogP contribution in [-0.2, 0) is 14.3 Å². The Balaban J connectivity index is 1.21. The van der Waals surface area contributed by atoms with Gasteiger partial charge in [-0.2, -0.15) is 9.97 Å². The van der Waals surface area contributed by atoms with E-state index in [1.54, 1.807) is 24.3 Å². The van der Waals surface area contributed by atoms with Crippen molar-refractivity contribution < 1.29 is 42.7 Å². The number of esters is 1. The molecule has 0 radical (unpaired) electrons. The van der Waals surface area contributed by atoms with Crippen LogP contribution >= 0.6 is 8.17 Å². The van der Waals surface area contributed by atoms with Crippen molar-refractivity contribution in [3.8, 4) is 17.4 Å². The van der Waals surface area contributed by atoms with E-state index in [1.165, 1.54) is 31.9 Å². The molecule has 250 valence electrons. The minimum Gasteiger partial charge on any atom is -0.575 e. The summed E-state index contributed by atoms with van der Waals surface area (Å²) < 4.78 is 49.8. The lowest BCUT2D eigenvalue weighted by Crippen LogP contribution is -2.42. The van der Waals surface area contributed by atoms with Crippen molar-refractivity contribution in [2.75, 3.05) is 19.5 Å². The number of aliphatic hydroxyl groups is 1. The van der Waals surface area contributed by atoms with Gasteiger partial charge in [-0.05, 0) is 51.0 Å². The van der Waals surface area contributed by atoms with Gasteiger partial charge in [0.1, 0.15) is 24.4 Å². The standard InChI is InChI=1S/C31H36FN6O8P/c1-17(28(39)44-19-10-5-4-6-11-19)37-47(41)46-24-20-12-8-7-9-18(20)13-14-21(24)43-15-22-25(32)31(2,40)29(45-22)38-16-34-23-26(38)35-30(33)36-27(23)42-3/h7-9,12-14,16-17,19,22,25,29,40H,4-6,10-11,15H2,1-3H3,(H2,33,35,36)/t17-,22+,25+,29?,31+/m0/s1. The highest BCUT2D eigenvalue weighted by atomic mass is 31.1. The number of aromatic nitrogens is 4. The maximum absolute atomic E-state index is 15.8. The van der Waals surface area contributed by atoms with E-state index in [4.69, 9.17) is 29.2 Å². The van der Waals surface area contributed by atoms with Crippen molar-refractivity contribution >= 4 is 42.0 Å². The van der Waals surface area contributed by atoms with Gasteiger partial charge in [-0.25, -0.2) is 14.2 Å². The summed E-state index contributed by atoms with van der Waals surface area (Å²) in [5.74, 6) is -0.320. The average molecular weight is 671 g/mol. The molecule has 0 amide bonds. The van der Waals surface area contributed by atoms with Gasteiger partial charge in [0, 0.05) is 5.39 Å². The maximum atomic E-state index is 15.8. The molecular formula is C31H36FN6O8P. The molecule has 2 aromatic heterocycles. The maximum Gasteiger partial charge on any atom is 0.395 e. The van der Waals surface area contributed by atoms with Gasteiger partial charge in [0.2, 0.25) is 17.6 Å². The molecule has 1 aliphatic carbocycles. The topological polar surface area (TPSA) is 188 Å². The first-order valence-corrected chi connectivity index (χ1v) is 16.5. The van der Waals surface area contributed by atoms with Gasteiger partial charge in [0.25, 0.3) is 0 Å². The number of imidazole rings is 1. The van der Waals surface area contributed by atoms with Crippen LogP contribution in [0, 0.1) is 0 Å². The highest BCUT2D eigenvalue weighted by Gasteiger charge is 2.55. The Morgan fingerprint density at radius 2 is 2.02 bits per heavy atom. The van der Waals surface area contributed by atoms with E-state index >= 15 is 4.39 Å². The van der Waals surface area contributed by atoms with Crippen LogP contribution < -0.4 is 24.6 Å². The van der Waals surface area contributed by atoms with E-state index in [1.807, 2.05) is 12.1 Å². The van der Waals surface area contributed by atoms with Gasteiger partial charge in [-0.3, -0.25) is 9.09 Å². The minimum atomic E-state index is -2.74. The number of hydrogen-bond donors (Lipinski definition) is 2. The van der Waals surface area contributed by atoms with E-state index in [0.717, 1.165) is 37.5 Å². The van der Waals surface area contributed by atoms with Crippen molar-refractivity contribution in [1.29, 1.82) is 0 Å². The molecule has 2 unspecified atom stereocenters. The Labute approximate surface area is 270 Å². The Bertz CT molecular complexity index is 1800. The Morgan fingerprint density at radius 1 is 1.26 bits per heavy atom. The first-order chi connectivity index (χ1) is 22.6. The summed E-state index contributed by atoms with van der Waals surface area (Å²) >= 11 is 0.